The number of aliphatic hydroxyl groups is 1. The molecule has 7 nitrogen and oxygen atoms in total. The molecule has 0 spiro atoms. The number of aliphatic hydroxyl groups excluding tert-OH is 1. The highest BCUT2D eigenvalue weighted by Gasteiger charge is 2.46. The number of amides is 1. The van der Waals surface area contributed by atoms with E-state index in [-0.39, 0.29) is 17.9 Å². The van der Waals surface area contributed by atoms with Crippen LogP contribution >= 0.6 is 0 Å². The van der Waals surface area contributed by atoms with Gasteiger partial charge in [-0.25, -0.2) is 0 Å². The van der Waals surface area contributed by atoms with Gasteiger partial charge in [0, 0.05) is 24.5 Å². The molecule has 7 heteroatoms. The molecule has 1 amide bonds. The number of hydrogen-bond acceptors (Lipinski definition) is 6. The molecule has 0 saturated carbocycles. The van der Waals surface area contributed by atoms with Crippen molar-refractivity contribution in [2.75, 3.05) is 13.2 Å². The smallest absolute Gasteiger partial charge is 0.295 e. The van der Waals surface area contributed by atoms with E-state index in [0.29, 0.717) is 35.8 Å². The Morgan fingerprint density at radius 3 is 2.37 bits per heavy atom. The molecule has 1 atom stereocenters. The maximum absolute atomic E-state index is 13.3. The molecule has 1 N–H and O–H groups in total. The summed E-state index contributed by atoms with van der Waals surface area (Å²) < 4.78 is 11.5. The summed E-state index contributed by atoms with van der Waals surface area (Å²) in [6.45, 7) is 6.73. The molecular weight excluding hydrogens is 444 g/mol. The van der Waals surface area contributed by atoms with Gasteiger partial charge in [-0.2, -0.15) is 0 Å². The van der Waals surface area contributed by atoms with E-state index < -0.39 is 17.7 Å². The number of aromatic nitrogens is 1. The summed E-state index contributed by atoms with van der Waals surface area (Å²) in [6.07, 6.45) is 3.30. The normalized spacial score (nSPS) is 17.0. The van der Waals surface area contributed by atoms with E-state index in [0.717, 1.165) is 11.1 Å². The lowest BCUT2D eigenvalue weighted by atomic mass is 9.94. The first-order valence-corrected chi connectivity index (χ1v) is 11.6. The fraction of sp³-hybridized carbons (Fsp3) is 0.250. The number of carbonyl (C=O) groups is 2. The van der Waals surface area contributed by atoms with Crippen molar-refractivity contribution in [3.63, 3.8) is 0 Å². The first-order valence-electron chi connectivity index (χ1n) is 11.6. The van der Waals surface area contributed by atoms with E-state index >= 15 is 0 Å². The van der Waals surface area contributed by atoms with Gasteiger partial charge in [0.1, 0.15) is 5.76 Å². The highest BCUT2D eigenvalue weighted by molar-refractivity contribution is 6.46. The minimum absolute atomic E-state index is 0.0364. The molecule has 2 aromatic carbocycles. The van der Waals surface area contributed by atoms with Gasteiger partial charge >= 0.3 is 0 Å². The fourth-order valence-corrected chi connectivity index (χ4v) is 4.18. The second-order valence-corrected chi connectivity index (χ2v) is 8.23. The van der Waals surface area contributed by atoms with E-state index in [2.05, 4.69) is 4.98 Å². The van der Waals surface area contributed by atoms with Gasteiger partial charge in [0.2, 0.25) is 0 Å². The molecule has 1 fully saturated rings. The number of aryl methyl sites for hydroxylation is 1. The van der Waals surface area contributed by atoms with E-state index in [1.807, 2.05) is 39.0 Å². The third-order valence-electron chi connectivity index (χ3n) is 5.82. The van der Waals surface area contributed by atoms with Crippen molar-refractivity contribution in [3.05, 3.63) is 94.8 Å². The van der Waals surface area contributed by atoms with Gasteiger partial charge in [-0.1, -0.05) is 42.0 Å². The summed E-state index contributed by atoms with van der Waals surface area (Å²) in [5.74, 6) is -0.549. The molecule has 1 unspecified atom stereocenters. The Hall–Kier alpha value is -4.13. The first-order chi connectivity index (χ1) is 16.9. The number of Topliss-reactive ketones (excluding diaryl/α,β-unsaturated/α-hetero) is 1. The van der Waals surface area contributed by atoms with Crippen molar-refractivity contribution in [2.45, 2.75) is 33.4 Å². The zero-order valence-corrected chi connectivity index (χ0v) is 20.0. The average molecular weight is 473 g/mol. The third-order valence-corrected chi connectivity index (χ3v) is 5.82. The predicted octanol–water partition coefficient (Wildman–Crippen LogP) is 4.81. The van der Waals surface area contributed by atoms with Crippen molar-refractivity contribution in [3.8, 4) is 11.5 Å². The minimum Gasteiger partial charge on any atom is -0.507 e. The van der Waals surface area contributed by atoms with Gasteiger partial charge in [0.05, 0.1) is 24.8 Å². The molecule has 4 rings (SSSR count). The second-order valence-electron chi connectivity index (χ2n) is 8.23. The summed E-state index contributed by atoms with van der Waals surface area (Å²) in [5, 5.41) is 11.2. The van der Waals surface area contributed by atoms with Crippen LogP contribution < -0.4 is 9.47 Å². The van der Waals surface area contributed by atoms with Crippen LogP contribution in [0.1, 0.15) is 42.1 Å². The molecule has 2 heterocycles. The van der Waals surface area contributed by atoms with E-state index in [1.165, 1.54) is 4.90 Å². The molecule has 0 bridgehead atoms. The lowest BCUT2D eigenvalue weighted by Crippen LogP contribution is -2.29. The Kier molecular flexibility index (Phi) is 7.15. The Bertz CT molecular complexity index is 1250. The number of carbonyl (C=O) groups excluding carboxylic acids is 2. The zero-order valence-electron chi connectivity index (χ0n) is 20.0. The number of nitrogens with zero attached hydrogens (tertiary/aromatic N) is 2. The van der Waals surface area contributed by atoms with Crippen LogP contribution in [0, 0.1) is 6.92 Å². The average Bonchev–Trinajstić information content (AvgIpc) is 3.11. The Labute approximate surface area is 204 Å². The van der Waals surface area contributed by atoms with Gasteiger partial charge in [0.15, 0.2) is 11.5 Å². The number of hydrogen-bond donors (Lipinski definition) is 1. The topological polar surface area (TPSA) is 89.0 Å². The van der Waals surface area contributed by atoms with Gasteiger partial charge in [-0.05, 0) is 50.1 Å². The van der Waals surface area contributed by atoms with Crippen LogP contribution in [0.3, 0.4) is 0 Å². The van der Waals surface area contributed by atoms with Gasteiger partial charge in [-0.3, -0.25) is 14.6 Å². The number of ether oxygens (including phenoxy) is 2. The maximum atomic E-state index is 13.3. The molecule has 1 aliphatic heterocycles. The molecule has 0 radical (unpaired) electrons. The van der Waals surface area contributed by atoms with Gasteiger partial charge < -0.3 is 19.5 Å². The quantitative estimate of drug-likeness (QED) is 0.288. The second kappa shape index (κ2) is 10.4. The van der Waals surface area contributed by atoms with E-state index in [1.54, 1.807) is 48.8 Å². The van der Waals surface area contributed by atoms with Crippen molar-refractivity contribution >= 4 is 17.4 Å². The van der Waals surface area contributed by atoms with Crippen molar-refractivity contribution in [1.29, 1.82) is 0 Å². The Balaban J connectivity index is 1.88. The van der Waals surface area contributed by atoms with Crippen molar-refractivity contribution < 1.29 is 24.2 Å². The van der Waals surface area contributed by atoms with Crippen molar-refractivity contribution in [2.24, 2.45) is 0 Å². The Morgan fingerprint density at radius 2 is 1.71 bits per heavy atom. The molecule has 180 valence electrons. The van der Waals surface area contributed by atoms with Crippen LogP contribution in [0.15, 0.2) is 72.6 Å². The third kappa shape index (κ3) is 4.89. The highest BCUT2D eigenvalue weighted by Crippen LogP contribution is 2.42. The fourth-order valence-electron chi connectivity index (χ4n) is 4.18. The lowest BCUT2D eigenvalue weighted by molar-refractivity contribution is -0.140. The van der Waals surface area contributed by atoms with Crippen LogP contribution in [-0.4, -0.2) is 39.9 Å². The molecule has 3 aromatic rings. The predicted molar refractivity (Wildman–Crippen MR) is 132 cm³/mol. The summed E-state index contributed by atoms with van der Waals surface area (Å²) >= 11 is 0. The standard InChI is InChI=1S/C28H28N2O5/c1-4-34-22-13-12-21(15-23(22)35-5-2)25-24(26(31)20-10-8-18(3)9-11-20)27(32)28(33)30(25)17-19-7-6-14-29-16-19/h6-16,25,31H,4-5,17H2,1-3H3/b26-24+. The number of likely N-dealkylation sites (tertiary alicyclic amines) is 1. The van der Waals surface area contributed by atoms with Gasteiger partial charge in [0.25, 0.3) is 11.7 Å². The SMILES string of the molecule is CCOc1ccc(C2/C(=C(\O)c3ccc(C)cc3)C(=O)C(=O)N2Cc2cccnc2)cc1OCC. The molecule has 35 heavy (non-hydrogen) atoms. The molecule has 1 saturated heterocycles. The number of pyridine rings is 1. The molecule has 1 aliphatic rings. The highest BCUT2D eigenvalue weighted by atomic mass is 16.5. The van der Waals surface area contributed by atoms with Crippen molar-refractivity contribution in [1.82, 2.24) is 9.88 Å². The lowest BCUT2D eigenvalue weighted by Gasteiger charge is -2.26. The summed E-state index contributed by atoms with van der Waals surface area (Å²) in [7, 11) is 0. The van der Waals surface area contributed by atoms with Gasteiger partial charge in [-0.15, -0.1) is 0 Å². The molecular formula is C28H28N2O5. The van der Waals surface area contributed by atoms with E-state index in [9.17, 15) is 14.7 Å². The summed E-state index contributed by atoms with van der Waals surface area (Å²) in [5.41, 5.74) is 2.92. The largest absolute Gasteiger partial charge is 0.507 e. The number of ketones is 1. The maximum Gasteiger partial charge on any atom is 0.295 e. The van der Waals surface area contributed by atoms with Crippen LogP contribution in [0.4, 0.5) is 0 Å². The number of rotatable bonds is 8. The summed E-state index contributed by atoms with van der Waals surface area (Å²) in [6, 6.07) is 15.3. The monoisotopic (exact) mass is 472 g/mol. The summed E-state index contributed by atoms with van der Waals surface area (Å²) in [4.78, 5) is 32.1. The minimum atomic E-state index is -0.814. The number of benzene rings is 2. The molecule has 0 aliphatic carbocycles. The van der Waals surface area contributed by atoms with Crippen LogP contribution in [0.5, 0.6) is 11.5 Å². The molecule has 1 aromatic heterocycles. The zero-order chi connectivity index (χ0) is 24.9. The Morgan fingerprint density at radius 1 is 1.00 bits per heavy atom. The van der Waals surface area contributed by atoms with E-state index in [4.69, 9.17) is 9.47 Å². The van der Waals surface area contributed by atoms with Crippen LogP contribution in [0.25, 0.3) is 5.76 Å². The van der Waals surface area contributed by atoms with Crippen LogP contribution in [-0.2, 0) is 16.1 Å². The first kappa shape index (κ1) is 24.0. The van der Waals surface area contributed by atoms with Crippen LogP contribution in [0.2, 0.25) is 0 Å².